The van der Waals surface area contributed by atoms with E-state index in [4.69, 9.17) is 0 Å². The first kappa shape index (κ1) is 16.6. The highest BCUT2D eigenvalue weighted by Gasteiger charge is 2.12. The number of carbonyl (C=O) groups excluding carboxylic acids is 1. The summed E-state index contributed by atoms with van der Waals surface area (Å²) in [4.78, 5) is 28.3. The van der Waals surface area contributed by atoms with Crippen molar-refractivity contribution in [3.8, 4) is 0 Å². The smallest absolute Gasteiger partial charge is 0.325 e. The van der Waals surface area contributed by atoms with Crippen LogP contribution in [-0.4, -0.2) is 22.6 Å². The number of rotatable bonds is 4. The van der Waals surface area contributed by atoms with Gasteiger partial charge in [0.15, 0.2) is 0 Å². The van der Waals surface area contributed by atoms with Crippen molar-refractivity contribution in [3.05, 3.63) is 64.6 Å². The molecule has 0 saturated heterocycles. The summed E-state index contributed by atoms with van der Waals surface area (Å²) in [5.41, 5.74) is 1.01. The molecule has 2 heterocycles. The predicted octanol–water partition coefficient (Wildman–Crippen LogP) is 2.76. The Morgan fingerprint density at radius 2 is 2.08 bits per heavy atom. The zero-order valence-electron chi connectivity index (χ0n) is 13.7. The minimum atomic E-state index is -0.533. The molecule has 3 aromatic rings. The number of nitrogens with one attached hydrogen (secondary N) is 1. The van der Waals surface area contributed by atoms with Crippen LogP contribution in [0.1, 0.15) is 5.56 Å². The summed E-state index contributed by atoms with van der Waals surface area (Å²) >= 11 is 0. The summed E-state index contributed by atoms with van der Waals surface area (Å²) in [6.45, 7) is 1.59. The van der Waals surface area contributed by atoms with Crippen molar-refractivity contribution < 1.29 is 13.9 Å². The van der Waals surface area contributed by atoms with E-state index in [9.17, 15) is 14.0 Å². The Morgan fingerprint density at radius 1 is 1.28 bits per heavy atom. The normalized spacial score (nSPS) is 10.7. The lowest BCUT2D eigenvalue weighted by molar-refractivity contribution is -0.141. The fourth-order valence-corrected chi connectivity index (χ4v) is 2.51. The molecule has 1 aromatic carbocycles. The third-order valence-electron chi connectivity index (χ3n) is 3.81. The van der Waals surface area contributed by atoms with E-state index in [0.29, 0.717) is 16.5 Å². The van der Waals surface area contributed by atoms with E-state index in [-0.39, 0.29) is 17.8 Å². The number of fused-ring (bicyclic) bond motifs is 1. The number of methoxy groups -OCH3 is 1. The molecule has 0 atom stereocenters. The van der Waals surface area contributed by atoms with Crippen LogP contribution in [0.5, 0.6) is 0 Å². The third kappa shape index (κ3) is 3.35. The number of nitrogens with zero attached hydrogens (tertiary/aromatic N) is 2. The van der Waals surface area contributed by atoms with Crippen LogP contribution < -0.4 is 10.9 Å². The molecule has 0 unspecified atom stereocenters. The lowest BCUT2D eigenvalue weighted by Gasteiger charge is -2.12. The molecule has 128 valence electrons. The quantitative estimate of drug-likeness (QED) is 0.739. The Bertz CT molecular complexity index is 1010. The molecule has 0 saturated carbocycles. The number of hydrogen-bond acceptors (Lipinski definition) is 5. The molecule has 0 fully saturated rings. The number of aromatic nitrogens is 2. The van der Waals surface area contributed by atoms with E-state index in [1.54, 1.807) is 25.1 Å². The summed E-state index contributed by atoms with van der Waals surface area (Å²) in [6.07, 6.45) is 4.49. The number of aryl methyl sites for hydroxylation is 1. The monoisotopic (exact) mass is 341 g/mol. The fourth-order valence-electron chi connectivity index (χ4n) is 2.51. The van der Waals surface area contributed by atoms with Crippen LogP contribution in [0.25, 0.3) is 10.8 Å². The Kier molecular flexibility index (Phi) is 4.47. The molecule has 3 rings (SSSR count). The highest BCUT2D eigenvalue weighted by molar-refractivity contribution is 5.93. The summed E-state index contributed by atoms with van der Waals surface area (Å²) in [5, 5.41) is 3.82. The van der Waals surface area contributed by atoms with Crippen LogP contribution >= 0.6 is 0 Å². The van der Waals surface area contributed by atoms with Gasteiger partial charge in [-0.15, -0.1) is 0 Å². The van der Waals surface area contributed by atoms with Crippen molar-refractivity contribution in [2.24, 2.45) is 0 Å². The molecule has 0 aliphatic rings. The van der Waals surface area contributed by atoms with Crippen molar-refractivity contribution in [1.82, 2.24) is 9.55 Å². The van der Waals surface area contributed by atoms with E-state index >= 15 is 0 Å². The SMILES string of the molecule is COC(=O)Cn1ccc2cncc(Nc3ccc(C)cc3F)c2c1=O. The van der Waals surface area contributed by atoms with Gasteiger partial charge in [0.1, 0.15) is 12.4 Å². The number of anilines is 2. The molecule has 25 heavy (non-hydrogen) atoms. The number of esters is 1. The van der Waals surface area contributed by atoms with Gasteiger partial charge in [-0.05, 0) is 30.7 Å². The van der Waals surface area contributed by atoms with Gasteiger partial charge in [0.25, 0.3) is 5.56 Å². The van der Waals surface area contributed by atoms with E-state index in [0.717, 1.165) is 5.56 Å². The number of pyridine rings is 2. The van der Waals surface area contributed by atoms with Crippen LogP contribution in [0.3, 0.4) is 0 Å². The lowest BCUT2D eigenvalue weighted by atomic mass is 10.1. The van der Waals surface area contributed by atoms with Gasteiger partial charge >= 0.3 is 5.97 Å². The molecule has 6 nitrogen and oxygen atoms in total. The maximum Gasteiger partial charge on any atom is 0.325 e. The average molecular weight is 341 g/mol. The largest absolute Gasteiger partial charge is 0.468 e. The minimum absolute atomic E-state index is 0.202. The summed E-state index contributed by atoms with van der Waals surface area (Å²) in [7, 11) is 1.26. The molecule has 0 amide bonds. The number of carbonyl (C=O) groups is 1. The average Bonchev–Trinajstić information content (AvgIpc) is 2.59. The summed E-state index contributed by atoms with van der Waals surface area (Å²) in [5.74, 6) is -0.961. The molecule has 0 aliphatic heterocycles. The van der Waals surface area contributed by atoms with Gasteiger partial charge in [-0.1, -0.05) is 6.07 Å². The van der Waals surface area contributed by atoms with Crippen molar-refractivity contribution >= 4 is 28.1 Å². The van der Waals surface area contributed by atoms with Gasteiger partial charge in [-0.25, -0.2) is 4.39 Å². The maximum atomic E-state index is 14.1. The van der Waals surface area contributed by atoms with Crippen LogP contribution in [0.2, 0.25) is 0 Å². The van der Waals surface area contributed by atoms with E-state index in [1.165, 1.54) is 36.3 Å². The Labute approximate surface area is 142 Å². The van der Waals surface area contributed by atoms with Crippen LogP contribution in [0.4, 0.5) is 15.8 Å². The van der Waals surface area contributed by atoms with Crippen LogP contribution in [0, 0.1) is 12.7 Å². The first-order valence-electron chi connectivity index (χ1n) is 7.56. The van der Waals surface area contributed by atoms with Gasteiger partial charge < -0.3 is 14.6 Å². The highest BCUT2D eigenvalue weighted by Crippen LogP contribution is 2.25. The molecular weight excluding hydrogens is 325 g/mol. The van der Waals surface area contributed by atoms with Crippen molar-refractivity contribution in [2.45, 2.75) is 13.5 Å². The van der Waals surface area contributed by atoms with Gasteiger partial charge in [-0.3, -0.25) is 14.6 Å². The second kappa shape index (κ2) is 6.72. The topological polar surface area (TPSA) is 73.2 Å². The van der Waals surface area contributed by atoms with E-state index in [2.05, 4.69) is 15.0 Å². The summed E-state index contributed by atoms with van der Waals surface area (Å²) in [6, 6.07) is 6.43. The molecule has 0 spiro atoms. The lowest BCUT2D eigenvalue weighted by Crippen LogP contribution is -2.24. The van der Waals surface area contributed by atoms with Crippen molar-refractivity contribution in [2.75, 3.05) is 12.4 Å². The zero-order valence-corrected chi connectivity index (χ0v) is 13.7. The van der Waals surface area contributed by atoms with Crippen LogP contribution in [-0.2, 0) is 16.1 Å². The Hall–Kier alpha value is -3.22. The second-order valence-electron chi connectivity index (χ2n) is 5.58. The summed E-state index contributed by atoms with van der Waals surface area (Å²) < 4.78 is 19.9. The Balaban J connectivity index is 2.10. The van der Waals surface area contributed by atoms with E-state index < -0.39 is 11.8 Å². The first-order valence-corrected chi connectivity index (χ1v) is 7.56. The van der Waals surface area contributed by atoms with Gasteiger partial charge in [0.2, 0.25) is 0 Å². The van der Waals surface area contributed by atoms with Gasteiger partial charge in [0.05, 0.1) is 30.1 Å². The molecule has 1 N–H and O–H groups in total. The maximum absolute atomic E-state index is 14.1. The standard InChI is InChI=1S/C18H16FN3O3/c1-11-3-4-14(13(19)7-11)21-15-9-20-8-12-5-6-22(10-16(23)25-2)18(24)17(12)15/h3-9,21H,10H2,1-2H3. The highest BCUT2D eigenvalue weighted by atomic mass is 19.1. The Morgan fingerprint density at radius 3 is 2.80 bits per heavy atom. The molecule has 0 radical (unpaired) electrons. The van der Waals surface area contributed by atoms with Crippen molar-refractivity contribution in [1.29, 1.82) is 0 Å². The second-order valence-corrected chi connectivity index (χ2v) is 5.58. The minimum Gasteiger partial charge on any atom is -0.468 e. The molecule has 0 bridgehead atoms. The number of benzene rings is 1. The van der Waals surface area contributed by atoms with Gasteiger partial charge in [0, 0.05) is 17.8 Å². The molecular formula is C18H16FN3O3. The van der Waals surface area contributed by atoms with E-state index in [1.807, 2.05) is 0 Å². The predicted molar refractivity (Wildman–Crippen MR) is 92.4 cm³/mol. The number of halogens is 1. The molecule has 0 aliphatic carbocycles. The van der Waals surface area contributed by atoms with Crippen LogP contribution in [0.15, 0.2) is 47.7 Å². The molecule has 2 aromatic heterocycles. The van der Waals surface area contributed by atoms with Crippen molar-refractivity contribution in [3.63, 3.8) is 0 Å². The van der Waals surface area contributed by atoms with Gasteiger partial charge in [-0.2, -0.15) is 0 Å². The molecule has 7 heteroatoms. The first-order chi connectivity index (χ1) is 12.0. The number of hydrogen-bond donors (Lipinski definition) is 1. The zero-order chi connectivity index (χ0) is 18.0. The number of ether oxygens (including phenoxy) is 1. The third-order valence-corrected chi connectivity index (χ3v) is 3.81. The fraction of sp³-hybridized carbons (Fsp3) is 0.167.